The molecule has 1 aromatic heterocycles. The molecule has 0 amide bonds. The molecular formula is C10H10N4. The Hall–Kier alpha value is -2.20. The Kier molecular flexibility index (Phi) is 2.59. The van der Waals surface area contributed by atoms with Crippen molar-refractivity contribution in [1.29, 1.82) is 10.5 Å². The second-order valence-corrected chi connectivity index (χ2v) is 2.94. The van der Waals surface area contributed by atoms with E-state index in [1.807, 2.05) is 32.0 Å². The lowest BCUT2D eigenvalue weighted by Gasteiger charge is -2.07. The van der Waals surface area contributed by atoms with Crippen molar-refractivity contribution in [3.05, 3.63) is 29.2 Å². The quantitative estimate of drug-likeness (QED) is 0.671. The normalized spacial score (nSPS) is 11.4. The van der Waals surface area contributed by atoms with Gasteiger partial charge < -0.3 is 10.3 Å². The molecule has 2 N–H and O–H groups in total. The standard InChI is InChI=1S/C10H10N4/c1-7-3-4-8(2)14(7)10(6-12)9(13)5-11/h3-4H,13H2,1-2H3/b10-9-. The Morgan fingerprint density at radius 2 is 1.71 bits per heavy atom. The largest absolute Gasteiger partial charge is 0.388 e. The third-order valence-corrected chi connectivity index (χ3v) is 1.98. The summed E-state index contributed by atoms with van der Waals surface area (Å²) in [5, 5.41) is 17.5. The van der Waals surface area contributed by atoms with E-state index < -0.39 is 0 Å². The van der Waals surface area contributed by atoms with Gasteiger partial charge in [-0.25, -0.2) is 0 Å². The van der Waals surface area contributed by atoms with E-state index in [1.165, 1.54) is 0 Å². The van der Waals surface area contributed by atoms with Crippen molar-refractivity contribution in [2.75, 3.05) is 0 Å². The summed E-state index contributed by atoms with van der Waals surface area (Å²) in [5.74, 6) is 0. The van der Waals surface area contributed by atoms with E-state index in [2.05, 4.69) is 0 Å². The number of aryl methyl sites for hydroxylation is 2. The van der Waals surface area contributed by atoms with Gasteiger partial charge >= 0.3 is 0 Å². The predicted molar refractivity (Wildman–Crippen MR) is 52.5 cm³/mol. The van der Waals surface area contributed by atoms with Crippen molar-refractivity contribution in [3.8, 4) is 12.1 Å². The maximum Gasteiger partial charge on any atom is 0.158 e. The maximum atomic E-state index is 8.89. The van der Waals surface area contributed by atoms with Gasteiger partial charge in [0, 0.05) is 11.4 Å². The molecule has 0 fully saturated rings. The minimum atomic E-state index is -0.0603. The highest BCUT2D eigenvalue weighted by Crippen LogP contribution is 2.15. The summed E-state index contributed by atoms with van der Waals surface area (Å²) >= 11 is 0. The summed E-state index contributed by atoms with van der Waals surface area (Å²) in [6, 6.07) is 7.45. The lowest BCUT2D eigenvalue weighted by Crippen LogP contribution is -2.07. The molecular weight excluding hydrogens is 176 g/mol. The molecule has 0 aliphatic carbocycles. The summed E-state index contributed by atoms with van der Waals surface area (Å²) in [6.45, 7) is 3.71. The number of nitriles is 2. The topological polar surface area (TPSA) is 78.5 Å². The van der Waals surface area contributed by atoms with E-state index in [0.717, 1.165) is 11.4 Å². The van der Waals surface area contributed by atoms with Crippen LogP contribution < -0.4 is 5.73 Å². The number of hydrogen-bond acceptors (Lipinski definition) is 3. The van der Waals surface area contributed by atoms with Crippen LogP contribution in [0.4, 0.5) is 0 Å². The van der Waals surface area contributed by atoms with Crippen LogP contribution in [0.1, 0.15) is 11.4 Å². The van der Waals surface area contributed by atoms with Crippen molar-refractivity contribution < 1.29 is 0 Å². The summed E-state index contributed by atoms with van der Waals surface area (Å²) in [6.07, 6.45) is 0. The van der Waals surface area contributed by atoms with E-state index in [0.29, 0.717) is 0 Å². The molecule has 1 heterocycles. The molecule has 70 valence electrons. The van der Waals surface area contributed by atoms with E-state index in [-0.39, 0.29) is 11.4 Å². The zero-order valence-electron chi connectivity index (χ0n) is 8.07. The van der Waals surface area contributed by atoms with Crippen molar-refractivity contribution in [1.82, 2.24) is 4.57 Å². The number of aromatic nitrogens is 1. The summed E-state index contributed by atoms with van der Waals surface area (Å²) < 4.78 is 1.67. The van der Waals surface area contributed by atoms with E-state index in [1.54, 1.807) is 10.6 Å². The van der Waals surface area contributed by atoms with E-state index >= 15 is 0 Å². The summed E-state index contributed by atoms with van der Waals surface area (Å²) in [5.41, 5.74) is 7.33. The van der Waals surface area contributed by atoms with Gasteiger partial charge in [0.25, 0.3) is 0 Å². The van der Waals surface area contributed by atoms with Gasteiger partial charge in [0.2, 0.25) is 0 Å². The van der Waals surface area contributed by atoms with E-state index in [4.69, 9.17) is 16.3 Å². The van der Waals surface area contributed by atoms with Gasteiger partial charge in [-0.2, -0.15) is 10.5 Å². The van der Waals surface area contributed by atoms with Crippen molar-refractivity contribution in [3.63, 3.8) is 0 Å². The number of nitrogens with two attached hydrogens (primary N) is 1. The first-order valence-corrected chi connectivity index (χ1v) is 4.07. The van der Waals surface area contributed by atoms with Gasteiger partial charge in [0.1, 0.15) is 17.8 Å². The fraction of sp³-hybridized carbons (Fsp3) is 0.200. The first-order chi connectivity index (χ1) is 6.61. The fourth-order valence-corrected chi connectivity index (χ4v) is 1.30. The van der Waals surface area contributed by atoms with Crippen LogP contribution in [-0.4, -0.2) is 4.57 Å². The van der Waals surface area contributed by atoms with Crippen molar-refractivity contribution in [2.45, 2.75) is 13.8 Å². The average molecular weight is 186 g/mol. The van der Waals surface area contributed by atoms with Crippen LogP contribution in [0.3, 0.4) is 0 Å². The average Bonchev–Trinajstić information content (AvgIpc) is 2.50. The lowest BCUT2D eigenvalue weighted by molar-refractivity contribution is 0.991. The molecule has 0 aliphatic rings. The van der Waals surface area contributed by atoms with Gasteiger partial charge in [-0.1, -0.05) is 0 Å². The monoisotopic (exact) mass is 186 g/mol. The molecule has 0 unspecified atom stereocenters. The SMILES string of the molecule is Cc1ccc(C)n1/C(C#N)=C(\N)C#N. The van der Waals surface area contributed by atoms with Crippen LogP contribution in [0.2, 0.25) is 0 Å². The second-order valence-electron chi connectivity index (χ2n) is 2.94. The molecule has 0 aliphatic heterocycles. The Morgan fingerprint density at radius 1 is 1.21 bits per heavy atom. The summed E-state index contributed by atoms with van der Waals surface area (Å²) in [7, 11) is 0. The molecule has 1 aromatic rings. The maximum absolute atomic E-state index is 8.89. The van der Waals surface area contributed by atoms with Crippen LogP contribution in [0.25, 0.3) is 5.70 Å². The Bertz CT molecular complexity index is 446. The summed E-state index contributed by atoms with van der Waals surface area (Å²) in [4.78, 5) is 0. The Labute approximate surface area is 82.5 Å². The number of nitrogens with zero attached hydrogens (tertiary/aromatic N) is 3. The molecule has 0 bridgehead atoms. The first-order valence-electron chi connectivity index (χ1n) is 4.07. The molecule has 1 rings (SSSR count). The van der Waals surface area contributed by atoms with Gasteiger partial charge in [-0.3, -0.25) is 0 Å². The molecule has 0 atom stereocenters. The number of hydrogen-bond donors (Lipinski definition) is 1. The smallest absolute Gasteiger partial charge is 0.158 e. The van der Waals surface area contributed by atoms with Crippen LogP contribution in [0.5, 0.6) is 0 Å². The highest BCUT2D eigenvalue weighted by atomic mass is 15.0. The fourth-order valence-electron chi connectivity index (χ4n) is 1.30. The van der Waals surface area contributed by atoms with Crippen LogP contribution in [0.15, 0.2) is 17.8 Å². The Morgan fingerprint density at radius 3 is 2.07 bits per heavy atom. The molecule has 14 heavy (non-hydrogen) atoms. The van der Waals surface area contributed by atoms with Gasteiger partial charge in [-0.15, -0.1) is 0 Å². The molecule has 0 saturated carbocycles. The number of allylic oxidation sites excluding steroid dienone is 2. The second kappa shape index (κ2) is 3.68. The zero-order chi connectivity index (χ0) is 10.7. The molecule has 0 spiro atoms. The first kappa shape index (κ1) is 9.88. The minimum absolute atomic E-state index is 0.0603. The highest BCUT2D eigenvalue weighted by Gasteiger charge is 2.09. The molecule has 4 heteroatoms. The van der Waals surface area contributed by atoms with Crippen LogP contribution >= 0.6 is 0 Å². The zero-order valence-corrected chi connectivity index (χ0v) is 8.07. The highest BCUT2D eigenvalue weighted by molar-refractivity contribution is 5.68. The van der Waals surface area contributed by atoms with Crippen LogP contribution in [-0.2, 0) is 0 Å². The van der Waals surface area contributed by atoms with Crippen molar-refractivity contribution >= 4 is 5.70 Å². The van der Waals surface area contributed by atoms with Gasteiger partial charge in [0.15, 0.2) is 5.70 Å². The van der Waals surface area contributed by atoms with Crippen LogP contribution in [0, 0.1) is 36.5 Å². The molecule has 0 aromatic carbocycles. The third kappa shape index (κ3) is 1.46. The van der Waals surface area contributed by atoms with Crippen molar-refractivity contribution in [2.24, 2.45) is 5.73 Å². The number of rotatable bonds is 1. The van der Waals surface area contributed by atoms with E-state index in [9.17, 15) is 0 Å². The van der Waals surface area contributed by atoms with Gasteiger partial charge in [-0.05, 0) is 26.0 Å². The predicted octanol–water partition coefficient (Wildman–Crippen LogP) is 1.28. The molecule has 0 saturated heterocycles. The molecule has 4 nitrogen and oxygen atoms in total. The van der Waals surface area contributed by atoms with Gasteiger partial charge in [0.05, 0.1) is 0 Å². The minimum Gasteiger partial charge on any atom is -0.388 e. The molecule has 0 radical (unpaired) electrons. The lowest BCUT2D eigenvalue weighted by atomic mass is 10.3. The Balaban J connectivity index is 3.45. The third-order valence-electron chi connectivity index (χ3n) is 1.98.